The first kappa shape index (κ1) is 15.1. The van der Waals surface area contributed by atoms with Gasteiger partial charge in [0.25, 0.3) is 0 Å². The average Bonchev–Trinajstić information content (AvgIpc) is 2.30. The smallest absolute Gasteiger partial charge is 0.375 e. The summed E-state index contributed by atoms with van der Waals surface area (Å²) >= 11 is 0. The molecule has 1 unspecified atom stereocenters. The molecule has 21 heavy (non-hydrogen) atoms. The van der Waals surface area contributed by atoms with Crippen molar-refractivity contribution < 1.29 is 27.5 Å². The molecule has 0 bridgehead atoms. The van der Waals surface area contributed by atoms with Crippen LogP contribution < -0.4 is 5.32 Å². The maximum Gasteiger partial charge on any atom is 0.492 e. The molecule has 2 heterocycles. The lowest BCUT2D eigenvalue weighted by Gasteiger charge is -2.55. The zero-order chi connectivity index (χ0) is 15.1. The van der Waals surface area contributed by atoms with Gasteiger partial charge in [-0.05, 0) is 30.6 Å². The fraction of sp³-hybridized carbons (Fsp3) is 0.923. The Hall–Kier alpha value is -0.860. The minimum atomic E-state index is -4.95. The number of hydrogen-bond acceptors (Lipinski definition) is 5. The minimum Gasteiger partial charge on any atom is -0.375 e. The van der Waals surface area contributed by atoms with Gasteiger partial charge in [0.1, 0.15) is 0 Å². The van der Waals surface area contributed by atoms with Gasteiger partial charge in [-0.25, -0.2) is 4.79 Å². The van der Waals surface area contributed by atoms with Crippen LogP contribution in [0.2, 0.25) is 0 Å². The van der Waals surface area contributed by atoms with Crippen molar-refractivity contribution in [3.8, 4) is 0 Å². The van der Waals surface area contributed by atoms with E-state index in [2.05, 4.69) is 10.2 Å². The number of carbonyl (C=O) groups excluding carboxylic acids is 1. The van der Waals surface area contributed by atoms with E-state index in [4.69, 9.17) is 4.74 Å². The second-order valence-electron chi connectivity index (χ2n) is 6.37. The zero-order valence-electron chi connectivity index (χ0n) is 11.6. The molecule has 1 saturated carbocycles. The molecule has 0 aromatic rings. The van der Waals surface area contributed by atoms with Crippen LogP contribution in [-0.4, -0.2) is 56.1 Å². The molecule has 3 fully saturated rings. The van der Waals surface area contributed by atoms with Gasteiger partial charge in [-0.1, -0.05) is 0 Å². The molecule has 0 amide bonds. The molecule has 1 N–H and O–H groups in total. The summed E-state index contributed by atoms with van der Waals surface area (Å²) in [6.07, 6.45) is -1.98. The molecule has 2 saturated heterocycles. The number of rotatable bonds is 3. The number of halogens is 3. The highest BCUT2D eigenvalue weighted by atomic mass is 19.4. The van der Waals surface area contributed by atoms with E-state index in [1.165, 1.54) is 0 Å². The third-order valence-electron chi connectivity index (χ3n) is 4.58. The molecule has 120 valence electrons. The Morgan fingerprint density at radius 1 is 1.38 bits per heavy atom. The maximum atomic E-state index is 12.2. The van der Waals surface area contributed by atoms with Crippen molar-refractivity contribution in [3.63, 3.8) is 0 Å². The molecule has 1 spiro atoms. The quantitative estimate of drug-likeness (QED) is 0.846. The lowest BCUT2D eigenvalue weighted by atomic mass is 9.57. The Morgan fingerprint density at radius 2 is 2.10 bits per heavy atom. The Balaban J connectivity index is 1.42. The van der Waals surface area contributed by atoms with Crippen molar-refractivity contribution in [3.05, 3.63) is 0 Å². The lowest BCUT2D eigenvalue weighted by Crippen LogP contribution is -2.60. The minimum absolute atomic E-state index is 0.157. The summed E-state index contributed by atoms with van der Waals surface area (Å²) < 4.78 is 42.1. The Kier molecular flexibility index (Phi) is 3.87. The van der Waals surface area contributed by atoms with Gasteiger partial charge in [0.2, 0.25) is 0 Å². The van der Waals surface area contributed by atoms with Gasteiger partial charge < -0.3 is 14.9 Å². The first-order valence-corrected chi connectivity index (χ1v) is 7.23. The van der Waals surface area contributed by atoms with Crippen LogP contribution in [0.15, 0.2) is 0 Å². The number of nitrogens with one attached hydrogen (secondary N) is 1. The molecule has 1 aliphatic carbocycles. The maximum absolute atomic E-state index is 12.2. The predicted molar refractivity (Wildman–Crippen MR) is 66.1 cm³/mol. The van der Waals surface area contributed by atoms with Crippen molar-refractivity contribution >= 4 is 5.97 Å². The number of hydroxylamine groups is 2. The third-order valence-corrected chi connectivity index (χ3v) is 4.58. The molecule has 0 aromatic heterocycles. The van der Waals surface area contributed by atoms with E-state index in [-0.39, 0.29) is 25.8 Å². The van der Waals surface area contributed by atoms with Crippen LogP contribution >= 0.6 is 0 Å². The highest BCUT2D eigenvalue weighted by Gasteiger charge is 2.49. The standard InChI is InChI=1S/C13H19F3N2O3/c14-13(15,16)11(19)21-18-1-2-20-10(6-18)3-9-4-12(5-9)7-17-8-12/h9-10,17H,1-8H2. The largest absolute Gasteiger partial charge is 0.492 e. The molecule has 3 rings (SSSR count). The molecule has 0 aromatic carbocycles. The van der Waals surface area contributed by atoms with Crippen molar-refractivity contribution in [1.82, 2.24) is 10.4 Å². The SMILES string of the molecule is O=C(ON1CCOC(CC2CC3(CNC3)C2)C1)C(F)(F)F. The van der Waals surface area contributed by atoms with Crippen LogP contribution in [0.25, 0.3) is 0 Å². The Labute approximate surface area is 120 Å². The van der Waals surface area contributed by atoms with E-state index < -0.39 is 12.1 Å². The Bertz CT molecular complexity index is 404. The van der Waals surface area contributed by atoms with E-state index in [1.54, 1.807) is 0 Å². The monoisotopic (exact) mass is 308 g/mol. The number of alkyl halides is 3. The first-order valence-electron chi connectivity index (χ1n) is 7.23. The third kappa shape index (κ3) is 3.32. The number of carbonyl (C=O) groups is 1. The molecule has 2 aliphatic heterocycles. The Morgan fingerprint density at radius 3 is 2.67 bits per heavy atom. The number of morpholine rings is 1. The summed E-state index contributed by atoms with van der Waals surface area (Å²) in [5, 5.41) is 4.34. The number of ether oxygens (including phenoxy) is 1. The van der Waals surface area contributed by atoms with Gasteiger partial charge >= 0.3 is 12.1 Å². The van der Waals surface area contributed by atoms with Crippen LogP contribution in [0, 0.1) is 11.3 Å². The van der Waals surface area contributed by atoms with E-state index in [0.717, 1.165) is 37.4 Å². The highest BCUT2D eigenvalue weighted by molar-refractivity contribution is 5.75. The molecular weight excluding hydrogens is 289 g/mol. The van der Waals surface area contributed by atoms with Crippen molar-refractivity contribution in [1.29, 1.82) is 0 Å². The summed E-state index contributed by atoms with van der Waals surface area (Å²) in [6, 6.07) is 0. The topological polar surface area (TPSA) is 50.8 Å². The van der Waals surface area contributed by atoms with Crippen LogP contribution in [0.1, 0.15) is 19.3 Å². The second-order valence-corrected chi connectivity index (χ2v) is 6.37. The van der Waals surface area contributed by atoms with E-state index in [1.807, 2.05) is 0 Å². The number of nitrogens with zero attached hydrogens (tertiary/aromatic N) is 1. The molecule has 1 atom stereocenters. The van der Waals surface area contributed by atoms with Crippen molar-refractivity contribution in [2.75, 3.05) is 32.8 Å². The number of hydrogen-bond donors (Lipinski definition) is 1. The van der Waals surface area contributed by atoms with Crippen LogP contribution in [0.4, 0.5) is 13.2 Å². The fourth-order valence-corrected chi connectivity index (χ4v) is 3.56. The van der Waals surface area contributed by atoms with Gasteiger partial charge in [-0.3, -0.25) is 0 Å². The molecule has 3 aliphatic rings. The fourth-order valence-electron chi connectivity index (χ4n) is 3.56. The highest BCUT2D eigenvalue weighted by Crippen LogP contribution is 2.50. The van der Waals surface area contributed by atoms with E-state index >= 15 is 0 Å². The molecular formula is C13H19F3N2O3. The zero-order valence-corrected chi connectivity index (χ0v) is 11.6. The molecule has 0 radical (unpaired) electrons. The van der Waals surface area contributed by atoms with Gasteiger partial charge in [0.15, 0.2) is 0 Å². The summed E-state index contributed by atoms with van der Waals surface area (Å²) in [4.78, 5) is 15.2. The van der Waals surface area contributed by atoms with Gasteiger partial charge in [0, 0.05) is 13.1 Å². The second kappa shape index (κ2) is 5.40. The average molecular weight is 308 g/mol. The van der Waals surface area contributed by atoms with Gasteiger partial charge in [-0.2, -0.15) is 13.2 Å². The summed E-state index contributed by atoms with van der Waals surface area (Å²) in [7, 11) is 0. The van der Waals surface area contributed by atoms with Crippen LogP contribution in [0.5, 0.6) is 0 Å². The predicted octanol–water partition coefficient (Wildman–Crippen LogP) is 1.10. The molecule has 8 heteroatoms. The molecule has 5 nitrogen and oxygen atoms in total. The normalized spacial score (nSPS) is 29.8. The summed E-state index contributed by atoms with van der Waals surface area (Å²) in [6.45, 7) is 2.82. The first-order chi connectivity index (χ1) is 9.86. The summed E-state index contributed by atoms with van der Waals surface area (Å²) in [5.41, 5.74) is 0.474. The van der Waals surface area contributed by atoms with Gasteiger partial charge in [0.05, 0.1) is 25.8 Å². The van der Waals surface area contributed by atoms with E-state index in [0.29, 0.717) is 11.3 Å². The van der Waals surface area contributed by atoms with Crippen LogP contribution in [0.3, 0.4) is 0 Å². The summed E-state index contributed by atoms with van der Waals surface area (Å²) in [5.74, 6) is -1.60. The lowest BCUT2D eigenvalue weighted by molar-refractivity contribution is -0.254. The van der Waals surface area contributed by atoms with Crippen LogP contribution in [-0.2, 0) is 14.4 Å². The van der Waals surface area contributed by atoms with Gasteiger partial charge in [-0.15, -0.1) is 5.06 Å². The van der Waals surface area contributed by atoms with E-state index in [9.17, 15) is 18.0 Å². The van der Waals surface area contributed by atoms with Crippen molar-refractivity contribution in [2.24, 2.45) is 11.3 Å². The van der Waals surface area contributed by atoms with Crippen molar-refractivity contribution in [2.45, 2.75) is 31.5 Å².